The number of amides is 2. The van der Waals surface area contributed by atoms with E-state index in [2.05, 4.69) is 5.32 Å². The van der Waals surface area contributed by atoms with Crippen LogP contribution in [0.2, 0.25) is 0 Å². The number of nitrogens with zero attached hydrogens (tertiary/aromatic N) is 1. The fraction of sp³-hybridized carbons (Fsp3) is 0.400. The molecule has 0 radical (unpaired) electrons. The van der Waals surface area contributed by atoms with Crippen LogP contribution >= 0.6 is 11.8 Å². The number of carbonyl (C=O) groups is 4. The Labute approximate surface area is 106 Å². The highest BCUT2D eigenvalue weighted by atomic mass is 32.2. The lowest BCUT2D eigenvalue weighted by Crippen LogP contribution is -2.73. The summed E-state index contributed by atoms with van der Waals surface area (Å²) in [5.74, 6) is -2.10. The number of aliphatic carboxylic acids is 1. The smallest absolute Gasteiger partial charge is 0.331 e. The SMILES string of the molecule is CC(=O)NC1C(=O)N2C(C(=O)O)C(C=O)=CS[C@H]12. The van der Waals surface area contributed by atoms with Crippen LogP contribution in [0.15, 0.2) is 11.0 Å². The molecule has 1 fully saturated rings. The molecule has 0 saturated carbocycles. The van der Waals surface area contributed by atoms with Gasteiger partial charge < -0.3 is 15.3 Å². The van der Waals surface area contributed by atoms with Crippen molar-refractivity contribution in [3.63, 3.8) is 0 Å². The van der Waals surface area contributed by atoms with E-state index in [1.807, 2.05) is 0 Å². The first-order valence-electron chi connectivity index (χ1n) is 5.10. The molecule has 7 nitrogen and oxygen atoms in total. The second kappa shape index (κ2) is 4.45. The number of nitrogens with one attached hydrogen (secondary N) is 1. The lowest BCUT2D eigenvalue weighted by molar-refractivity contribution is -0.160. The summed E-state index contributed by atoms with van der Waals surface area (Å²) in [7, 11) is 0. The number of aldehydes is 1. The number of fused-ring (bicyclic) bond motifs is 1. The van der Waals surface area contributed by atoms with Gasteiger partial charge in [-0.25, -0.2) is 4.79 Å². The standard InChI is InChI=1S/C10H10N2O5S/c1-4(14)11-6-8(15)12-7(10(16)17)5(2-13)3-18-9(6)12/h2-3,6-7,9H,1H3,(H,11,14)(H,16,17)/t6?,7?,9-/m1/s1. The molecule has 18 heavy (non-hydrogen) atoms. The number of carboxylic acids is 1. The van der Waals surface area contributed by atoms with Gasteiger partial charge in [0.05, 0.1) is 0 Å². The molecule has 0 aromatic carbocycles. The third-order valence-electron chi connectivity index (χ3n) is 2.75. The number of carbonyl (C=O) groups excluding carboxylic acids is 3. The maximum Gasteiger partial charge on any atom is 0.331 e. The molecular weight excluding hydrogens is 260 g/mol. The van der Waals surface area contributed by atoms with Crippen LogP contribution in [0.4, 0.5) is 0 Å². The maximum absolute atomic E-state index is 11.8. The first-order chi connectivity index (χ1) is 8.47. The third kappa shape index (κ3) is 1.78. The summed E-state index contributed by atoms with van der Waals surface area (Å²) in [6.45, 7) is 1.28. The molecule has 2 amide bonds. The van der Waals surface area contributed by atoms with Crippen LogP contribution in [0.5, 0.6) is 0 Å². The summed E-state index contributed by atoms with van der Waals surface area (Å²) in [6, 6.07) is -1.98. The van der Waals surface area contributed by atoms with Crippen molar-refractivity contribution in [2.45, 2.75) is 24.4 Å². The molecule has 2 aliphatic heterocycles. The normalized spacial score (nSPS) is 29.8. The Hall–Kier alpha value is -1.83. The van der Waals surface area contributed by atoms with Crippen LogP contribution in [0.3, 0.4) is 0 Å². The second-order valence-electron chi connectivity index (χ2n) is 3.93. The van der Waals surface area contributed by atoms with Crippen molar-refractivity contribution in [2.75, 3.05) is 0 Å². The van der Waals surface area contributed by atoms with Gasteiger partial charge in [-0.3, -0.25) is 14.4 Å². The molecule has 0 bridgehead atoms. The minimum absolute atomic E-state index is 0.0402. The zero-order valence-electron chi connectivity index (χ0n) is 9.32. The fourth-order valence-corrected chi connectivity index (χ4v) is 3.16. The predicted octanol–water partition coefficient (Wildman–Crippen LogP) is -1.06. The molecule has 96 valence electrons. The zero-order chi connectivity index (χ0) is 13.4. The molecule has 3 atom stereocenters. The van der Waals surface area contributed by atoms with Crippen molar-refractivity contribution in [1.82, 2.24) is 10.2 Å². The Bertz CT molecular complexity index is 475. The van der Waals surface area contributed by atoms with Gasteiger partial charge in [0.2, 0.25) is 11.8 Å². The highest BCUT2D eigenvalue weighted by molar-refractivity contribution is 8.03. The van der Waals surface area contributed by atoms with E-state index in [4.69, 9.17) is 5.11 Å². The summed E-state index contributed by atoms with van der Waals surface area (Å²) < 4.78 is 0. The highest BCUT2D eigenvalue weighted by Gasteiger charge is 2.55. The molecule has 2 unspecified atom stereocenters. The van der Waals surface area contributed by atoms with Crippen LogP contribution < -0.4 is 5.32 Å². The minimum atomic E-state index is -1.26. The number of rotatable bonds is 3. The Balaban J connectivity index is 2.25. The molecule has 0 aromatic rings. The number of hydrogen-bond acceptors (Lipinski definition) is 5. The largest absolute Gasteiger partial charge is 0.479 e. The summed E-state index contributed by atoms with van der Waals surface area (Å²) in [4.78, 5) is 45.7. The number of carboxylic acid groups (broad SMARTS) is 1. The number of hydrogen-bond donors (Lipinski definition) is 2. The zero-order valence-corrected chi connectivity index (χ0v) is 10.1. The molecule has 1 saturated heterocycles. The first-order valence-corrected chi connectivity index (χ1v) is 6.04. The highest BCUT2D eigenvalue weighted by Crippen LogP contribution is 2.39. The molecule has 2 heterocycles. The van der Waals surface area contributed by atoms with Gasteiger partial charge in [-0.15, -0.1) is 11.8 Å². The van der Waals surface area contributed by atoms with Gasteiger partial charge in [0.1, 0.15) is 17.7 Å². The third-order valence-corrected chi connectivity index (χ3v) is 3.93. The van der Waals surface area contributed by atoms with E-state index in [0.717, 1.165) is 16.7 Å². The molecular formula is C10H10N2O5S. The van der Waals surface area contributed by atoms with Gasteiger partial charge in [-0.05, 0) is 5.41 Å². The molecule has 8 heteroatoms. The van der Waals surface area contributed by atoms with E-state index in [-0.39, 0.29) is 11.5 Å². The lowest BCUT2D eigenvalue weighted by Gasteiger charge is -2.50. The summed E-state index contributed by atoms with van der Waals surface area (Å²) in [6.07, 6.45) is 0.432. The van der Waals surface area contributed by atoms with E-state index < -0.39 is 29.3 Å². The fourth-order valence-electron chi connectivity index (χ4n) is 1.98. The van der Waals surface area contributed by atoms with Crippen molar-refractivity contribution < 1.29 is 24.3 Å². The van der Waals surface area contributed by atoms with Crippen molar-refractivity contribution in [3.05, 3.63) is 11.0 Å². The van der Waals surface area contributed by atoms with E-state index in [1.54, 1.807) is 0 Å². The summed E-state index contributed by atoms with van der Waals surface area (Å²) >= 11 is 1.15. The van der Waals surface area contributed by atoms with E-state index >= 15 is 0 Å². The maximum atomic E-state index is 11.8. The topological polar surface area (TPSA) is 104 Å². The van der Waals surface area contributed by atoms with Gasteiger partial charge in [0, 0.05) is 12.5 Å². The Morgan fingerprint density at radius 2 is 2.22 bits per heavy atom. The first kappa shape index (κ1) is 12.6. The van der Waals surface area contributed by atoms with Crippen molar-refractivity contribution in [3.8, 4) is 0 Å². The van der Waals surface area contributed by atoms with E-state index in [0.29, 0.717) is 6.29 Å². The van der Waals surface area contributed by atoms with E-state index in [1.165, 1.54) is 12.3 Å². The second-order valence-corrected chi connectivity index (χ2v) is 4.92. The molecule has 0 aromatic heterocycles. The van der Waals surface area contributed by atoms with Gasteiger partial charge in [0.25, 0.3) is 0 Å². The summed E-state index contributed by atoms with van der Waals surface area (Å²) in [5, 5.41) is 12.5. The average molecular weight is 270 g/mol. The number of thioether (sulfide) groups is 1. The monoisotopic (exact) mass is 270 g/mol. The molecule has 0 aliphatic carbocycles. The van der Waals surface area contributed by atoms with E-state index in [9.17, 15) is 19.2 Å². The Morgan fingerprint density at radius 1 is 1.56 bits per heavy atom. The van der Waals surface area contributed by atoms with Crippen molar-refractivity contribution >= 4 is 35.8 Å². The summed E-state index contributed by atoms with van der Waals surface area (Å²) in [5.41, 5.74) is 0.0402. The lowest BCUT2D eigenvalue weighted by atomic mass is 9.99. The Kier molecular flexibility index (Phi) is 3.12. The Morgan fingerprint density at radius 3 is 2.72 bits per heavy atom. The van der Waals surface area contributed by atoms with Gasteiger partial charge in [-0.1, -0.05) is 0 Å². The molecule has 2 aliphatic rings. The van der Waals surface area contributed by atoms with Crippen LogP contribution in [0.25, 0.3) is 0 Å². The average Bonchev–Trinajstić information content (AvgIpc) is 2.33. The molecule has 2 rings (SSSR count). The van der Waals surface area contributed by atoms with Crippen molar-refractivity contribution in [2.24, 2.45) is 0 Å². The van der Waals surface area contributed by atoms with Crippen LogP contribution in [-0.4, -0.2) is 51.5 Å². The van der Waals surface area contributed by atoms with Crippen LogP contribution in [-0.2, 0) is 19.2 Å². The number of β-lactam (4-membered cyclic amide) rings is 1. The van der Waals surface area contributed by atoms with Crippen LogP contribution in [0.1, 0.15) is 6.92 Å². The predicted molar refractivity (Wildman–Crippen MR) is 61.4 cm³/mol. The van der Waals surface area contributed by atoms with Gasteiger partial charge >= 0.3 is 5.97 Å². The molecule has 0 spiro atoms. The van der Waals surface area contributed by atoms with Gasteiger partial charge in [-0.2, -0.15) is 0 Å². The van der Waals surface area contributed by atoms with Crippen molar-refractivity contribution in [1.29, 1.82) is 0 Å². The molecule has 2 N–H and O–H groups in total. The van der Waals surface area contributed by atoms with Gasteiger partial charge in [0.15, 0.2) is 6.04 Å². The minimum Gasteiger partial charge on any atom is -0.479 e. The quantitative estimate of drug-likeness (QED) is 0.500. The van der Waals surface area contributed by atoms with Crippen LogP contribution in [0, 0.1) is 0 Å².